The van der Waals surface area contributed by atoms with Crippen LogP contribution in [0.3, 0.4) is 0 Å². The van der Waals surface area contributed by atoms with Gasteiger partial charge in [0.1, 0.15) is 23.4 Å². The van der Waals surface area contributed by atoms with Crippen molar-refractivity contribution in [2.45, 2.75) is 56.4 Å². The summed E-state index contributed by atoms with van der Waals surface area (Å²) in [6.07, 6.45) is -0.252. The van der Waals surface area contributed by atoms with Crippen LogP contribution in [0.4, 0.5) is 0 Å². The van der Waals surface area contributed by atoms with E-state index in [1.807, 2.05) is 20.8 Å². The van der Waals surface area contributed by atoms with Gasteiger partial charge in [0.15, 0.2) is 5.79 Å². The van der Waals surface area contributed by atoms with E-state index in [4.69, 9.17) is 14.2 Å². The average Bonchev–Trinajstić information content (AvgIpc) is 2.59. The molecule has 3 rings (SSSR count). The van der Waals surface area contributed by atoms with Crippen molar-refractivity contribution in [2.75, 3.05) is 13.2 Å². The molecule has 2 N–H and O–H groups in total. The molecule has 0 aromatic heterocycles. The first-order valence-corrected chi connectivity index (χ1v) is 6.16. The fraction of sp³-hybridized carbons (Fsp3) is 1.00. The molecule has 5 atom stereocenters. The maximum Gasteiger partial charge on any atom is 0.164 e. The number of hydrogen-bond donors (Lipinski definition) is 2. The standard InChI is InChI=1S/C12H20O5/c1-10(2)16-8-9(17-10)12(14)4-5-15-11(8,3)7(12)6-13/h7-9,13-14H,4-6H2,1-3H3/t7?,8-,9+,11-,12-/m0/s1. The molecule has 3 aliphatic rings. The summed E-state index contributed by atoms with van der Waals surface area (Å²) in [5.41, 5.74) is -1.71. The Balaban J connectivity index is 2.04. The van der Waals surface area contributed by atoms with Gasteiger partial charge in [-0.05, 0) is 20.8 Å². The maximum absolute atomic E-state index is 10.8. The summed E-state index contributed by atoms with van der Waals surface area (Å²) < 4.78 is 17.5. The third kappa shape index (κ3) is 1.32. The van der Waals surface area contributed by atoms with Gasteiger partial charge in [0.2, 0.25) is 0 Å². The predicted molar refractivity (Wildman–Crippen MR) is 58.3 cm³/mol. The molecule has 1 unspecified atom stereocenters. The summed E-state index contributed by atoms with van der Waals surface area (Å²) in [5, 5.41) is 20.3. The van der Waals surface area contributed by atoms with Crippen molar-refractivity contribution in [1.82, 2.24) is 0 Å². The Labute approximate surface area is 101 Å². The second-order valence-electron chi connectivity index (χ2n) is 5.99. The van der Waals surface area contributed by atoms with Crippen LogP contribution in [0.2, 0.25) is 0 Å². The van der Waals surface area contributed by atoms with Crippen LogP contribution in [0, 0.1) is 5.92 Å². The van der Waals surface area contributed by atoms with E-state index in [0.717, 1.165) is 0 Å². The molecule has 1 saturated carbocycles. The predicted octanol–water partition coefficient (Wildman–Crippen LogP) is 0.0387. The van der Waals surface area contributed by atoms with Gasteiger partial charge in [0.05, 0.1) is 13.2 Å². The summed E-state index contributed by atoms with van der Waals surface area (Å²) in [6.45, 7) is 5.92. The first-order valence-electron chi connectivity index (χ1n) is 6.16. The zero-order chi connectivity index (χ0) is 12.5. The topological polar surface area (TPSA) is 68.2 Å². The van der Waals surface area contributed by atoms with Crippen molar-refractivity contribution in [3.63, 3.8) is 0 Å². The number of rotatable bonds is 1. The van der Waals surface area contributed by atoms with E-state index in [-0.39, 0.29) is 18.6 Å². The number of hydrogen-bond acceptors (Lipinski definition) is 5. The lowest BCUT2D eigenvalue weighted by Crippen LogP contribution is -2.56. The van der Waals surface area contributed by atoms with E-state index in [0.29, 0.717) is 13.0 Å². The summed E-state index contributed by atoms with van der Waals surface area (Å²) >= 11 is 0. The second-order valence-corrected chi connectivity index (χ2v) is 5.99. The molecular formula is C12H20O5. The zero-order valence-corrected chi connectivity index (χ0v) is 10.5. The SMILES string of the molecule is CC1(C)O[C@@H]2[C@H](O1)[C@@]1(C)OCC[C@]2(O)C1CO. The van der Waals surface area contributed by atoms with Crippen molar-refractivity contribution in [3.05, 3.63) is 0 Å². The van der Waals surface area contributed by atoms with Gasteiger partial charge in [0.25, 0.3) is 0 Å². The van der Waals surface area contributed by atoms with Crippen molar-refractivity contribution >= 4 is 0 Å². The molecule has 0 aromatic rings. The lowest BCUT2D eigenvalue weighted by atomic mass is 9.79. The zero-order valence-electron chi connectivity index (χ0n) is 10.5. The highest BCUT2D eigenvalue weighted by Gasteiger charge is 2.73. The van der Waals surface area contributed by atoms with E-state index in [1.54, 1.807) is 0 Å². The van der Waals surface area contributed by atoms with E-state index in [2.05, 4.69) is 0 Å². The molecule has 17 heavy (non-hydrogen) atoms. The fourth-order valence-electron chi connectivity index (χ4n) is 3.71. The second kappa shape index (κ2) is 3.22. The van der Waals surface area contributed by atoms with Crippen LogP contribution < -0.4 is 0 Å². The number of fused-ring (bicyclic) bond motifs is 5. The Bertz CT molecular complexity index is 316. The lowest BCUT2D eigenvalue weighted by molar-refractivity contribution is -0.254. The molecular weight excluding hydrogens is 224 g/mol. The Hall–Kier alpha value is -0.200. The summed E-state index contributed by atoms with van der Waals surface area (Å²) in [5.74, 6) is -1.05. The minimum absolute atomic E-state index is 0.118. The maximum atomic E-state index is 10.8. The van der Waals surface area contributed by atoms with Gasteiger partial charge < -0.3 is 24.4 Å². The van der Waals surface area contributed by atoms with Crippen LogP contribution in [0.15, 0.2) is 0 Å². The average molecular weight is 244 g/mol. The first kappa shape index (κ1) is 11.9. The molecule has 0 aromatic carbocycles. The number of aliphatic hydroxyl groups is 2. The van der Waals surface area contributed by atoms with Gasteiger partial charge in [-0.1, -0.05) is 0 Å². The molecule has 2 heterocycles. The Morgan fingerprint density at radius 3 is 2.47 bits per heavy atom. The van der Waals surface area contributed by atoms with E-state index < -0.39 is 23.1 Å². The first-order chi connectivity index (χ1) is 7.83. The van der Waals surface area contributed by atoms with Crippen LogP contribution in [0.25, 0.3) is 0 Å². The smallest absolute Gasteiger partial charge is 0.164 e. The third-order valence-electron chi connectivity index (χ3n) is 4.55. The summed E-state index contributed by atoms with van der Waals surface area (Å²) in [6, 6.07) is 0. The lowest BCUT2D eigenvalue weighted by Gasteiger charge is -2.44. The minimum Gasteiger partial charge on any atom is -0.396 e. The highest BCUT2D eigenvalue weighted by atomic mass is 16.8. The molecule has 3 fully saturated rings. The minimum atomic E-state index is -1.04. The number of ether oxygens (including phenoxy) is 3. The van der Waals surface area contributed by atoms with Crippen molar-refractivity contribution < 1.29 is 24.4 Å². The van der Waals surface area contributed by atoms with Gasteiger partial charge in [0, 0.05) is 12.3 Å². The van der Waals surface area contributed by atoms with Gasteiger partial charge in [-0.25, -0.2) is 0 Å². The molecule has 2 saturated heterocycles. The Kier molecular flexibility index (Phi) is 2.25. The molecule has 5 nitrogen and oxygen atoms in total. The van der Waals surface area contributed by atoms with Crippen LogP contribution in [0.5, 0.6) is 0 Å². The van der Waals surface area contributed by atoms with Gasteiger partial charge >= 0.3 is 0 Å². The Morgan fingerprint density at radius 1 is 1.18 bits per heavy atom. The van der Waals surface area contributed by atoms with Gasteiger partial charge in [-0.2, -0.15) is 0 Å². The van der Waals surface area contributed by atoms with E-state index in [1.165, 1.54) is 0 Å². The van der Waals surface area contributed by atoms with Crippen molar-refractivity contribution in [2.24, 2.45) is 5.92 Å². The van der Waals surface area contributed by atoms with Crippen LogP contribution >= 0.6 is 0 Å². The van der Waals surface area contributed by atoms with Gasteiger partial charge in [-0.3, -0.25) is 0 Å². The third-order valence-corrected chi connectivity index (χ3v) is 4.55. The highest BCUT2D eigenvalue weighted by molar-refractivity contribution is 5.20. The highest BCUT2D eigenvalue weighted by Crippen LogP contribution is 2.57. The fourth-order valence-corrected chi connectivity index (χ4v) is 3.71. The molecule has 1 aliphatic carbocycles. The molecule has 2 aliphatic heterocycles. The van der Waals surface area contributed by atoms with E-state index >= 15 is 0 Å². The monoisotopic (exact) mass is 244 g/mol. The van der Waals surface area contributed by atoms with Crippen LogP contribution in [-0.2, 0) is 14.2 Å². The van der Waals surface area contributed by atoms with Gasteiger partial charge in [-0.15, -0.1) is 0 Å². The molecule has 98 valence electrons. The molecule has 5 heteroatoms. The Morgan fingerprint density at radius 2 is 1.82 bits per heavy atom. The molecule has 2 bridgehead atoms. The molecule has 0 radical (unpaired) electrons. The van der Waals surface area contributed by atoms with Crippen molar-refractivity contribution in [3.8, 4) is 0 Å². The molecule has 0 spiro atoms. The van der Waals surface area contributed by atoms with Crippen LogP contribution in [0.1, 0.15) is 27.2 Å². The largest absolute Gasteiger partial charge is 0.396 e. The number of aliphatic hydroxyl groups excluding tert-OH is 1. The van der Waals surface area contributed by atoms with E-state index in [9.17, 15) is 10.2 Å². The summed E-state index contributed by atoms with van der Waals surface area (Å²) in [7, 11) is 0. The normalized spacial score (nSPS) is 55.9. The van der Waals surface area contributed by atoms with Crippen LogP contribution in [-0.4, -0.2) is 52.6 Å². The van der Waals surface area contributed by atoms with Crippen molar-refractivity contribution in [1.29, 1.82) is 0 Å². The summed E-state index contributed by atoms with van der Waals surface area (Å²) in [4.78, 5) is 0. The molecule has 0 amide bonds. The quantitative estimate of drug-likeness (QED) is 0.681.